The van der Waals surface area contributed by atoms with Crippen LogP contribution >= 0.6 is 0 Å². The highest BCUT2D eigenvalue weighted by atomic mass is 16.2. The Bertz CT molecular complexity index is 736. The Kier molecular flexibility index (Phi) is 3.60. The number of nitrogens with one attached hydrogen (secondary N) is 1. The highest BCUT2D eigenvalue weighted by Crippen LogP contribution is 2.07. The number of aryl methyl sites for hydroxylation is 1. The van der Waals surface area contributed by atoms with Crippen LogP contribution in [0, 0.1) is 0 Å². The molecule has 2 rings (SSSR count). The van der Waals surface area contributed by atoms with Gasteiger partial charge in [-0.05, 0) is 18.2 Å². The van der Waals surface area contributed by atoms with Crippen molar-refractivity contribution in [2.24, 2.45) is 12.8 Å². The number of nitrogens with zero attached hydrogens (tertiary/aromatic N) is 2. The van der Waals surface area contributed by atoms with Crippen LogP contribution in [0.1, 0.15) is 20.8 Å². The molecule has 0 unspecified atom stereocenters. The molecule has 0 spiro atoms. The Balaban J connectivity index is 2.23. The second-order valence-electron chi connectivity index (χ2n) is 4.09. The van der Waals surface area contributed by atoms with Crippen LogP contribution in [0.15, 0.2) is 41.3 Å². The van der Waals surface area contributed by atoms with Crippen molar-refractivity contribution in [3.63, 3.8) is 0 Å². The van der Waals surface area contributed by atoms with Crippen molar-refractivity contribution in [1.29, 1.82) is 0 Å². The van der Waals surface area contributed by atoms with Gasteiger partial charge in [-0.15, -0.1) is 0 Å². The van der Waals surface area contributed by atoms with E-state index in [9.17, 15) is 14.4 Å². The summed E-state index contributed by atoms with van der Waals surface area (Å²) in [5, 5.41) is 2.53. The number of aromatic nitrogens is 2. The van der Waals surface area contributed by atoms with E-state index in [-0.39, 0.29) is 17.1 Å². The lowest BCUT2D eigenvalue weighted by Crippen LogP contribution is -2.20. The van der Waals surface area contributed by atoms with Crippen molar-refractivity contribution in [2.45, 2.75) is 0 Å². The number of carbonyl (C=O) groups is 2. The SMILES string of the molecule is Cn1cc(C(=O)Nc2cccc(C(N)=O)n2)ccc1=O. The maximum absolute atomic E-state index is 12.0. The van der Waals surface area contributed by atoms with E-state index in [0.29, 0.717) is 5.56 Å². The van der Waals surface area contributed by atoms with Gasteiger partial charge in [0.15, 0.2) is 0 Å². The lowest BCUT2D eigenvalue weighted by atomic mass is 10.2. The van der Waals surface area contributed by atoms with E-state index in [1.807, 2.05) is 0 Å². The van der Waals surface area contributed by atoms with Gasteiger partial charge in [-0.1, -0.05) is 6.07 Å². The minimum atomic E-state index is -0.678. The predicted octanol–water partition coefficient (Wildman–Crippen LogP) is 0.132. The van der Waals surface area contributed by atoms with Crippen LogP contribution in [0.2, 0.25) is 0 Å². The van der Waals surface area contributed by atoms with Gasteiger partial charge in [-0.3, -0.25) is 14.4 Å². The molecular formula is C13H12N4O3. The fourth-order valence-corrected chi connectivity index (χ4v) is 1.56. The Labute approximate surface area is 114 Å². The molecule has 102 valence electrons. The van der Waals surface area contributed by atoms with Crippen LogP contribution in [-0.2, 0) is 7.05 Å². The van der Waals surface area contributed by atoms with E-state index in [1.54, 1.807) is 13.1 Å². The first kappa shape index (κ1) is 13.5. The van der Waals surface area contributed by atoms with Crippen LogP contribution in [0.25, 0.3) is 0 Å². The summed E-state index contributed by atoms with van der Waals surface area (Å²) in [5.41, 5.74) is 5.26. The third-order valence-electron chi connectivity index (χ3n) is 2.59. The standard InChI is InChI=1S/C13H12N4O3/c1-17-7-8(5-6-11(17)18)13(20)16-10-4-2-3-9(15-10)12(14)19/h2-7H,1H3,(H2,14,19)(H,15,16,20). The summed E-state index contributed by atoms with van der Waals surface area (Å²) in [7, 11) is 1.55. The summed E-state index contributed by atoms with van der Waals surface area (Å²) in [6.45, 7) is 0. The van der Waals surface area contributed by atoms with Gasteiger partial charge in [0.05, 0.1) is 5.56 Å². The predicted molar refractivity (Wildman–Crippen MR) is 72.4 cm³/mol. The minimum absolute atomic E-state index is 0.0586. The number of amides is 2. The van der Waals surface area contributed by atoms with Crippen molar-refractivity contribution in [3.8, 4) is 0 Å². The molecule has 2 aromatic heterocycles. The summed E-state index contributed by atoms with van der Waals surface area (Å²) in [4.78, 5) is 38.1. The molecule has 0 aromatic carbocycles. The van der Waals surface area contributed by atoms with Crippen molar-refractivity contribution in [3.05, 3.63) is 58.1 Å². The van der Waals surface area contributed by atoms with Crippen molar-refractivity contribution < 1.29 is 9.59 Å². The number of anilines is 1. The molecule has 0 fully saturated rings. The second kappa shape index (κ2) is 5.35. The van der Waals surface area contributed by atoms with Crippen molar-refractivity contribution in [2.75, 3.05) is 5.32 Å². The molecule has 0 bridgehead atoms. The smallest absolute Gasteiger partial charge is 0.267 e. The number of hydrogen-bond donors (Lipinski definition) is 2. The normalized spacial score (nSPS) is 10.1. The van der Waals surface area contributed by atoms with Gasteiger partial charge < -0.3 is 15.6 Å². The number of primary amides is 1. The van der Waals surface area contributed by atoms with E-state index in [1.165, 1.54) is 35.0 Å². The van der Waals surface area contributed by atoms with E-state index >= 15 is 0 Å². The Morgan fingerprint density at radius 3 is 2.65 bits per heavy atom. The first-order valence-electron chi connectivity index (χ1n) is 5.72. The molecule has 3 N–H and O–H groups in total. The van der Waals surface area contributed by atoms with Crippen LogP contribution < -0.4 is 16.6 Å². The third-order valence-corrected chi connectivity index (χ3v) is 2.59. The van der Waals surface area contributed by atoms with E-state index < -0.39 is 11.8 Å². The second-order valence-corrected chi connectivity index (χ2v) is 4.09. The maximum Gasteiger partial charge on any atom is 0.267 e. The van der Waals surface area contributed by atoms with Crippen LogP contribution in [0.5, 0.6) is 0 Å². The monoisotopic (exact) mass is 272 g/mol. The van der Waals surface area contributed by atoms with Crippen molar-refractivity contribution >= 4 is 17.6 Å². The molecule has 0 atom stereocenters. The summed E-state index contributed by atoms with van der Waals surface area (Å²) < 4.78 is 1.29. The fraction of sp³-hybridized carbons (Fsp3) is 0.0769. The molecule has 7 heteroatoms. The molecular weight excluding hydrogens is 260 g/mol. The quantitative estimate of drug-likeness (QED) is 0.828. The van der Waals surface area contributed by atoms with Gasteiger partial charge in [-0.2, -0.15) is 0 Å². The molecule has 0 saturated carbocycles. The van der Waals surface area contributed by atoms with Gasteiger partial charge in [0.1, 0.15) is 11.5 Å². The first-order chi connectivity index (χ1) is 9.47. The fourth-order valence-electron chi connectivity index (χ4n) is 1.56. The highest BCUT2D eigenvalue weighted by Gasteiger charge is 2.09. The maximum atomic E-state index is 12.0. The summed E-state index contributed by atoms with van der Waals surface area (Å²) in [6.07, 6.45) is 1.41. The molecule has 2 amide bonds. The molecule has 0 aliphatic heterocycles. The number of nitrogens with two attached hydrogens (primary N) is 1. The number of pyridine rings is 2. The largest absolute Gasteiger partial charge is 0.364 e. The molecule has 2 heterocycles. The van der Waals surface area contributed by atoms with E-state index in [4.69, 9.17) is 5.73 Å². The van der Waals surface area contributed by atoms with Crippen LogP contribution in [-0.4, -0.2) is 21.4 Å². The highest BCUT2D eigenvalue weighted by molar-refractivity contribution is 6.03. The summed E-state index contributed by atoms with van der Waals surface area (Å²) in [5.74, 6) is -0.905. The zero-order chi connectivity index (χ0) is 14.7. The van der Waals surface area contributed by atoms with Gasteiger partial charge in [0.2, 0.25) is 5.56 Å². The lowest BCUT2D eigenvalue weighted by Gasteiger charge is -2.06. The van der Waals surface area contributed by atoms with Crippen molar-refractivity contribution in [1.82, 2.24) is 9.55 Å². The van der Waals surface area contributed by atoms with Gasteiger partial charge in [0, 0.05) is 19.3 Å². The van der Waals surface area contributed by atoms with Gasteiger partial charge >= 0.3 is 0 Å². The molecule has 0 aliphatic carbocycles. The van der Waals surface area contributed by atoms with Gasteiger partial charge in [-0.25, -0.2) is 4.98 Å². The average molecular weight is 272 g/mol. The topological polar surface area (TPSA) is 107 Å². The zero-order valence-corrected chi connectivity index (χ0v) is 10.7. The number of hydrogen-bond acceptors (Lipinski definition) is 4. The van der Waals surface area contributed by atoms with E-state index in [0.717, 1.165) is 0 Å². The molecule has 20 heavy (non-hydrogen) atoms. The molecule has 7 nitrogen and oxygen atoms in total. The number of rotatable bonds is 3. The Hall–Kier alpha value is -2.96. The van der Waals surface area contributed by atoms with E-state index in [2.05, 4.69) is 10.3 Å². The average Bonchev–Trinajstić information content (AvgIpc) is 2.42. The third kappa shape index (κ3) is 2.89. The molecule has 0 saturated heterocycles. The lowest BCUT2D eigenvalue weighted by molar-refractivity contribution is 0.0991. The molecule has 2 aromatic rings. The Morgan fingerprint density at radius 2 is 2.00 bits per heavy atom. The van der Waals surface area contributed by atoms with Gasteiger partial charge in [0.25, 0.3) is 11.8 Å². The van der Waals surface area contributed by atoms with Crippen LogP contribution in [0.3, 0.4) is 0 Å². The summed E-state index contributed by atoms with van der Waals surface area (Å²) >= 11 is 0. The van der Waals surface area contributed by atoms with Crippen LogP contribution in [0.4, 0.5) is 5.82 Å². The molecule has 0 aliphatic rings. The number of carbonyl (C=O) groups excluding carboxylic acids is 2. The molecule has 0 radical (unpaired) electrons. The summed E-state index contributed by atoms with van der Waals surface area (Å²) in [6, 6.07) is 7.25. The zero-order valence-electron chi connectivity index (χ0n) is 10.7. The first-order valence-corrected chi connectivity index (χ1v) is 5.72. The Morgan fingerprint density at radius 1 is 1.25 bits per heavy atom. The minimum Gasteiger partial charge on any atom is -0.364 e.